The minimum atomic E-state index is -0.776. The third-order valence-electron chi connectivity index (χ3n) is 9.74. The molecule has 1 heterocycles. The van der Waals surface area contributed by atoms with Gasteiger partial charge in [-0.3, -0.25) is 9.59 Å². The van der Waals surface area contributed by atoms with E-state index in [0.717, 1.165) is 22.0 Å². The minimum Gasteiger partial charge on any atom is -0.404 e. The number of nitrogens with two attached hydrogens (primary N) is 1. The quantitative estimate of drug-likeness (QED) is 0.0496. The second kappa shape index (κ2) is 13.8. The number of hydrogen-bond donors (Lipinski definition) is 3. The van der Waals surface area contributed by atoms with Crippen LogP contribution in [0.5, 0.6) is 0 Å². The number of Topliss-reactive ketones (excluding diaryl/α,β-unsaturated/α-hetero) is 1. The first-order valence-corrected chi connectivity index (χ1v) is 16.4. The zero-order chi connectivity index (χ0) is 31.5. The number of nitrogens with one attached hydrogen (secondary N) is 2. The number of nitro groups is 1. The summed E-state index contributed by atoms with van der Waals surface area (Å²) < 4.78 is 14.3. The smallest absolute Gasteiger partial charge is 0.404 e. The molecule has 11 nitrogen and oxygen atoms in total. The molecule has 4 aliphatic rings. The summed E-state index contributed by atoms with van der Waals surface area (Å²) in [6.45, 7) is 11.2. The molecule has 4 N–H and O–H groups in total. The number of carbonyl (C=O) groups is 2. The molecule has 0 unspecified atom stereocenters. The summed E-state index contributed by atoms with van der Waals surface area (Å²) >= 11 is 2.21. The van der Waals surface area contributed by atoms with E-state index in [0.29, 0.717) is 31.1 Å². The number of guanidine groups is 1. The van der Waals surface area contributed by atoms with Crippen molar-refractivity contribution in [1.82, 2.24) is 10.7 Å². The van der Waals surface area contributed by atoms with Crippen LogP contribution in [0.4, 0.5) is 0 Å². The fourth-order valence-electron chi connectivity index (χ4n) is 7.31. The Bertz CT molecular complexity index is 1230. The van der Waals surface area contributed by atoms with Crippen molar-refractivity contribution >= 4 is 47.4 Å². The van der Waals surface area contributed by atoms with Crippen LogP contribution in [0.25, 0.3) is 0 Å². The fraction of sp³-hybridized carbons (Fsp3) is 0.700. The molecule has 1 amide bonds. The molecule has 1 aromatic rings. The minimum absolute atomic E-state index is 0.00246. The molecule has 1 aliphatic heterocycles. The lowest BCUT2D eigenvalue weighted by molar-refractivity contribution is -0.525. The molecule has 0 aromatic heterocycles. The first-order chi connectivity index (χ1) is 20.2. The lowest BCUT2D eigenvalue weighted by atomic mass is 9.43. The summed E-state index contributed by atoms with van der Waals surface area (Å²) in [5, 5.41) is 13.0. The van der Waals surface area contributed by atoms with E-state index < -0.39 is 18.1 Å². The molecular weight excluding hydrogens is 664 g/mol. The van der Waals surface area contributed by atoms with Crippen LogP contribution in [0.3, 0.4) is 0 Å². The van der Waals surface area contributed by atoms with Gasteiger partial charge in [0, 0.05) is 28.9 Å². The Morgan fingerprint density at radius 1 is 1.26 bits per heavy atom. The third-order valence-corrected chi connectivity index (χ3v) is 10.8. The van der Waals surface area contributed by atoms with E-state index >= 15 is 0 Å². The SMILES string of the molecule is CC(C)C[C@H](NC(=O)[C@H](CCCN=C(N)N[N+](=O)[O-])CC(=O)Cc1ccccc1I)B1O[C@@H]2C[C@H]3C[C@H](C3(C)C)[C@]2(C)O1. The highest BCUT2D eigenvalue weighted by molar-refractivity contribution is 14.1. The number of halogens is 1. The highest BCUT2D eigenvalue weighted by Crippen LogP contribution is 2.65. The van der Waals surface area contributed by atoms with Crippen molar-refractivity contribution in [3.8, 4) is 0 Å². The zero-order valence-corrected chi connectivity index (χ0v) is 28.0. The van der Waals surface area contributed by atoms with Gasteiger partial charge in [0.15, 0.2) is 5.03 Å². The Labute approximate surface area is 268 Å². The molecular formula is C30H45BIN5O6. The summed E-state index contributed by atoms with van der Waals surface area (Å²) in [5.74, 6) is -0.204. The van der Waals surface area contributed by atoms with E-state index in [1.165, 1.54) is 0 Å². The van der Waals surface area contributed by atoms with Gasteiger partial charge in [-0.1, -0.05) is 51.3 Å². The van der Waals surface area contributed by atoms with E-state index in [1.54, 1.807) is 0 Å². The van der Waals surface area contributed by atoms with Crippen molar-refractivity contribution in [2.24, 2.45) is 39.8 Å². The molecule has 5 rings (SSSR count). The van der Waals surface area contributed by atoms with E-state index in [2.05, 4.69) is 67.5 Å². The Morgan fingerprint density at radius 2 is 1.98 bits per heavy atom. The van der Waals surface area contributed by atoms with Crippen LogP contribution in [0.15, 0.2) is 29.3 Å². The van der Waals surface area contributed by atoms with Gasteiger partial charge < -0.3 is 20.4 Å². The number of amides is 1. The van der Waals surface area contributed by atoms with E-state index in [9.17, 15) is 19.7 Å². The first-order valence-electron chi connectivity index (χ1n) is 15.3. The van der Waals surface area contributed by atoms with Crippen molar-refractivity contribution in [2.75, 3.05) is 6.54 Å². The molecule has 6 atom stereocenters. The van der Waals surface area contributed by atoms with Gasteiger partial charge in [-0.25, -0.2) is 15.1 Å². The Kier molecular flexibility index (Phi) is 10.8. The molecule has 2 bridgehead atoms. The summed E-state index contributed by atoms with van der Waals surface area (Å²) in [4.78, 5) is 41.6. The van der Waals surface area contributed by atoms with Crippen molar-refractivity contribution in [3.63, 3.8) is 0 Å². The van der Waals surface area contributed by atoms with Crippen LogP contribution in [-0.4, -0.2) is 54.0 Å². The molecule has 1 aromatic carbocycles. The lowest BCUT2D eigenvalue weighted by Crippen LogP contribution is -2.65. The average molecular weight is 709 g/mol. The highest BCUT2D eigenvalue weighted by Gasteiger charge is 2.68. The van der Waals surface area contributed by atoms with Gasteiger partial charge in [0.1, 0.15) is 5.78 Å². The number of hydrogen-bond acceptors (Lipinski definition) is 7. The van der Waals surface area contributed by atoms with Crippen LogP contribution in [0, 0.1) is 42.8 Å². The Morgan fingerprint density at radius 3 is 2.63 bits per heavy atom. The Hall–Kier alpha value is -2.26. The second-order valence-electron chi connectivity index (χ2n) is 13.6. The van der Waals surface area contributed by atoms with Crippen LogP contribution >= 0.6 is 22.6 Å². The monoisotopic (exact) mass is 709 g/mol. The summed E-state index contributed by atoms with van der Waals surface area (Å²) in [6.07, 6.45) is 3.89. The molecule has 43 heavy (non-hydrogen) atoms. The maximum atomic E-state index is 13.9. The predicted octanol–water partition coefficient (Wildman–Crippen LogP) is 4.08. The average Bonchev–Trinajstić information content (AvgIpc) is 3.27. The second-order valence-corrected chi connectivity index (χ2v) is 14.7. The number of nitrogens with zero attached hydrogens (tertiary/aromatic N) is 2. The topological polar surface area (TPSA) is 158 Å². The van der Waals surface area contributed by atoms with Crippen molar-refractivity contribution in [2.45, 2.75) is 97.2 Å². The van der Waals surface area contributed by atoms with Gasteiger partial charge in [-0.15, -0.1) is 0 Å². The van der Waals surface area contributed by atoms with Crippen LogP contribution in [0.2, 0.25) is 0 Å². The number of aliphatic imine (C=N–C) groups is 1. The zero-order valence-electron chi connectivity index (χ0n) is 25.8. The van der Waals surface area contributed by atoms with Gasteiger partial charge in [-0.05, 0) is 96.4 Å². The van der Waals surface area contributed by atoms with E-state index in [1.807, 2.05) is 29.7 Å². The first kappa shape index (κ1) is 33.6. The number of ketones is 1. The van der Waals surface area contributed by atoms with Gasteiger partial charge in [0.05, 0.1) is 17.6 Å². The van der Waals surface area contributed by atoms with Gasteiger partial charge in [0.2, 0.25) is 5.91 Å². The summed E-state index contributed by atoms with van der Waals surface area (Å²) in [6, 6.07) is 7.70. The third kappa shape index (κ3) is 7.88. The predicted molar refractivity (Wildman–Crippen MR) is 173 cm³/mol. The summed E-state index contributed by atoms with van der Waals surface area (Å²) in [7, 11) is -0.559. The standard InChI is InChI=1S/C30H45BIN5O6/c1-18(2)13-26(31-42-25-17-21-16-24(29(21,3)4)30(25,5)43-31)35-27(39)20(10-8-12-34-28(33)36-37(40)41)15-22(38)14-19-9-6-7-11-23(19)32/h6-7,9,11,18,20-21,24-26H,8,10,12-17H2,1-5H3,(H,35,39)(H3,33,34,36)/t20-,21-,24-,25-,26+,30+/m1/s1. The normalized spacial score (nSPS) is 27.2. The number of hydrazine groups is 1. The van der Waals surface area contributed by atoms with Gasteiger partial charge >= 0.3 is 7.12 Å². The van der Waals surface area contributed by atoms with Crippen molar-refractivity contribution in [3.05, 3.63) is 43.5 Å². The van der Waals surface area contributed by atoms with Crippen LogP contribution < -0.4 is 16.5 Å². The molecule has 3 aliphatic carbocycles. The van der Waals surface area contributed by atoms with Crippen molar-refractivity contribution < 1.29 is 23.9 Å². The maximum Gasteiger partial charge on any atom is 0.481 e. The molecule has 1 saturated heterocycles. The number of carbonyl (C=O) groups excluding carboxylic acids is 2. The van der Waals surface area contributed by atoms with Gasteiger partial charge in [-0.2, -0.15) is 0 Å². The fourth-order valence-corrected chi connectivity index (χ4v) is 7.89. The molecule has 0 spiro atoms. The molecule has 236 valence electrons. The number of benzene rings is 1. The Balaban J connectivity index is 1.46. The molecule has 13 heteroatoms. The highest BCUT2D eigenvalue weighted by atomic mass is 127. The summed E-state index contributed by atoms with van der Waals surface area (Å²) in [5.41, 5.74) is 8.11. The maximum absolute atomic E-state index is 13.9. The van der Waals surface area contributed by atoms with Gasteiger partial charge in [0.25, 0.3) is 5.96 Å². The lowest BCUT2D eigenvalue weighted by Gasteiger charge is -2.64. The molecule has 0 radical (unpaired) electrons. The molecule has 3 saturated carbocycles. The largest absolute Gasteiger partial charge is 0.481 e. The van der Waals surface area contributed by atoms with Crippen LogP contribution in [0.1, 0.15) is 78.7 Å². The van der Waals surface area contributed by atoms with E-state index in [4.69, 9.17) is 15.0 Å². The van der Waals surface area contributed by atoms with E-state index in [-0.39, 0.29) is 66.0 Å². The van der Waals surface area contributed by atoms with Crippen LogP contribution in [-0.2, 0) is 25.3 Å². The van der Waals surface area contributed by atoms with Crippen molar-refractivity contribution in [1.29, 1.82) is 0 Å². The molecule has 4 fully saturated rings. The number of rotatable bonds is 14.